The van der Waals surface area contributed by atoms with E-state index in [9.17, 15) is 4.79 Å². The van der Waals surface area contributed by atoms with Crippen LogP contribution in [-0.4, -0.2) is 68.9 Å². The number of hydrogen-bond acceptors (Lipinski definition) is 6. The first kappa shape index (κ1) is 21.7. The second-order valence-corrected chi connectivity index (χ2v) is 9.72. The number of H-pyrrole nitrogens is 1. The lowest BCUT2D eigenvalue weighted by atomic mass is 9.60. The Morgan fingerprint density at radius 3 is 2.34 bits per heavy atom. The maximum atomic E-state index is 13.3. The van der Waals surface area contributed by atoms with Gasteiger partial charge < -0.3 is 20.5 Å². The fourth-order valence-electron chi connectivity index (χ4n) is 5.48. The SMILES string of the molecule is CN1CCN(C(=O)c2nccc3c(C4(c5ccc(-c6cnc(N)nc6)cc5)CCC4)c[nH]c23)CC1. The number of aromatic amines is 1. The highest BCUT2D eigenvalue weighted by atomic mass is 16.2. The third kappa shape index (κ3) is 3.65. The molecule has 1 aliphatic carbocycles. The second kappa shape index (κ2) is 8.46. The first-order valence-electron chi connectivity index (χ1n) is 12.2. The second-order valence-electron chi connectivity index (χ2n) is 9.72. The monoisotopic (exact) mass is 467 g/mol. The van der Waals surface area contributed by atoms with Crippen molar-refractivity contribution in [3.8, 4) is 11.1 Å². The summed E-state index contributed by atoms with van der Waals surface area (Å²) in [5.74, 6) is 0.285. The Bertz CT molecular complexity index is 1370. The van der Waals surface area contributed by atoms with E-state index in [0.717, 1.165) is 61.1 Å². The summed E-state index contributed by atoms with van der Waals surface area (Å²) in [6, 6.07) is 10.7. The van der Waals surface area contributed by atoms with Crippen LogP contribution in [0.15, 0.2) is 55.1 Å². The number of likely N-dealkylation sites (N-methyl/N-ethyl adjacent to an activating group) is 1. The number of pyridine rings is 1. The van der Waals surface area contributed by atoms with Gasteiger partial charge in [-0.05, 0) is 42.6 Å². The number of piperazine rings is 1. The van der Waals surface area contributed by atoms with Gasteiger partial charge in [0.05, 0.1) is 5.52 Å². The van der Waals surface area contributed by atoms with Gasteiger partial charge in [0.15, 0.2) is 5.69 Å². The lowest BCUT2D eigenvalue weighted by molar-refractivity contribution is 0.0660. The Labute approximate surface area is 204 Å². The van der Waals surface area contributed by atoms with Gasteiger partial charge in [-0.25, -0.2) is 15.0 Å². The van der Waals surface area contributed by atoms with Crippen molar-refractivity contribution >= 4 is 22.8 Å². The molecule has 35 heavy (non-hydrogen) atoms. The topological polar surface area (TPSA) is 104 Å². The number of aromatic nitrogens is 4. The number of benzene rings is 1. The number of rotatable bonds is 4. The molecule has 0 radical (unpaired) electrons. The Morgan fingerprint density at radius 2 is 1.69 bits per heavy atom. The van der Waals surface area contributed by atoms with Gasteiger partial charge in [0.25, 0.3) is 5.91 Å². The fraction of sp³-hybridized carbons (Fsp3) is 0.333. The molecule has 1 saturated heterocycles. The number of anilines is 1. The third-order valence-electron chi connectivity index (χ3n) is 7.76. The molecule has 2 aliphatic rings. The molecule has 4 heterocycles. The number of nitrogen functional groups attached to an aromatic ring is 1. The van der Waals surface area contributed by atoms with Gasteiger partial charge in [-0.15, -0.1) is 0 Å². The van der Waals surface area contributed by atoms with Crippen LogP contribution in [0.25, 0.3) is 22.0 Å². The zero-order valence-corrected chi connectivity index (χ0v) is 19.9. The zero-order chi connectivity index (χ0) is 24.0. The molecule has 1 aliphatic heterocycles. The molecular formula is C27H29N7O. The van der Waals surface area contributed by atoms with E-state index in [0.29, 0.717) is 5.69 Å². The Hall–Kier alpha value is -3.78. The van der Waals surface area contributed by atoms with Gasteiger partial charge in [-0.1, -0.05) is 30.7 Å². The summed E-state index contributed by atoms with van der Waals surface area (Å²) in [6.45, 7) is 3.24. The number of carbonyl (C=O) groups is 1. The Kier molecular flexibility index (Phi) is 5.25. The van der Waals surface area contributed by atoms with Crippen LogP contribution >= 0.6 is 0 Å². The molecule has 8 heteroatoms. The average molecular weight is 468 g/mol. The van der Waals surface area contributed by atoms with E-state index in [1.54, 1.807) is 18.6 Å². The third-order valence-corrected chi connectivity index (χ3v) is 7.76. The largest absolute Gasteiger partial charge is 0.368 e. The minimum Gasteiger partial charge on any atom is -0.368 e. The number of carbonyl (C=O) groups excluding carboxylic acids is 1. The molecular weight excluding hydrogens is 438 g/mol. The highest BCUT2D eigenvalue weighted by Gasteiger charge is 2.42. The van der Waals surface area contributed by atoms with Crippen molar-refractivity contribution in [1.82, 2.24) is 29.7 Å². The van der Waals surface area contributed by atoms with Crippen molar-refractivity contribution in [2.75, 3.05) is 39.0 Å². The number of amides is 1. The lowest BCUT2D eigenvalue weighted by Gasteiger charge is -2.43. The quantitative estimate of drug-likeness (QED) is 0.476. The Balaban J connectivity index is 1.34. The average Bonchev–Trinajstić information content (AvgIpc) is 3.29. The van der Waals surface area contributed by atoms with E-state index in [1.807, 2.05) is 11.0 Å². The van der Waals surface area contributed by atoms with Crippen LogP contribution in [0.1, 0.15) is 40.9 Å². The summed E-state index contributed by atoms with van der Waals surface area (Å²) < 4.78 is 0. The minimum absolute atomic E-state index is 0.00910. The van der Waals surface area contributed by atoms with Crippen molar-refractivity contribution < 1.29 is 4.79 Å². The van der Waals surface area contributed by atoms with Gasteiger partial charge in [-0.2, -0.15) is 0 Å². The number of nitrogens with one attached hydrogen (secondary N) is 1. The van der Waals surface area contributed by atoms with E-state index in [2.05, 4.69) is 62.3 Å². The van der Waals surface area contributed by atoms with E-state index >= 15 is 0 Å². The van der Waals surface area contributed by atoms with E-state index < -0.39 is 0 Å². The van der Waals surface area contributed by atoms with Gasteiger partial charge in [0.2, 0.25) is 5.95 Å². The standard InChI is InChI=1S/C27H29N7O/c1-33-11-13-34(14-12-33)25(35)24-23-21(7-10-29-24)22(17-30-23)27(8-2-9-27)20-5-3-18(4-6-20)19-15-31-26(28)32-16-19/h3-7,10,15-17,30H,2,8-9,11-14H2,1H3,(H2,28,31,32). The van der Waals surface area contributed by atoms with E-state index in [-0.39, 0.29) is 17.3 Å². The van der Waals surface area contributed by atoms with Crippen LogP contribution < -0.4 is 5.73 Å². The van der Waals surface area contributed by atoms with Crippen LogP contribution in [0, 0.1) is 0 Å². The molecule has 2 fully saturated rings. The molecule has 0 unspecified atom stereocenters. The predicted octanol–water partition coefficient (Wildman–Crippen LogP) is 3.46. The number of nitrogens with two attached hydrogens (primary N) is 1. The van der Waals surface area contributed by atoms with Crippen molar-refractivity contribution in [1.29, 1.82) is 0 Å². The van der Waals surface area contributed by atoms with Crippen LogP contribution in [-0.2, 0) is 5.41 Å². The maximum absolute atomic E-state index is 13.3. The molecule has 8 nitrogen and oxygen atoms in total. The molecule has 178 valence electrons. The summed E-state index contributed by atoms with van der Waals surface area (Å²) in [6.07, 6.45) is 10.7. The molecule has 0 atom stereocenters. The Morgan fingerprint density at radius 1 is 0.971 bits per heavy atom. The van der Waals surface area contributed by atoms with Crippen LogP contribution in [0.4, 0.5) is 5.95 Å². The van der Waals surface area contributed by atoms with Crippen molar-refractivity contribution in [3.63, 3.8) is 0 Å². The summed E-state index contributed by atoms with van der Waals surface area (Å²) in [5.41, 5.74) is 11.5. The lowest BCUT2D eigenvalue weighted by Crippen LogP contribution is -2.47. The van der Waals surface area contributed by atoms with Gasteiger partial charge in [0, 0.05) is 67.3 Å². The van der Waals surface area contributed by atoms with Gasteiger partial charge >= 0.3 is 0 Å². The normalized spacial score (nSPS) is 17.9. The summed E-state index contributed by atoms with van der Waals surface area (Å²) in [4.78, 5) is 33.7. The molecule has 3 aromatic heterocycles. The molecule has 1 saturated carbocycles. The molecule has 0 bridgehead atoms. The van der Waals surface area contributed by atoms with Gasteiger partial charge in [0.1, 0.15) is 0 Å². The molecule has 6 rings (SSSR count). The maximum Gasteiger partial charge on any atom is 0.274 e. The van der Waals surface area contributed by atoms with Crippen LogP contribution in [0.2, 0.25) is 0 Å². The first-order valence-corrected chi connectivity index (χ1v) is 12.2. The molecule has 4 aromatic rings. The van der Waals surface area contributed by atoms with E-state index in [1.165, 1.54) is 17.5 Å². The van der Waals surface area contributed by atoms with Crippen LogP contribution in [0.3, 0.4) is 0 Å². The highest BCUT2D eigenvalue weighted by Crippen LogP contribution is 2.51. The number of fused-ring (bicyclic) bond motifs is 1. The van der Waals surface area contributed by atoms with Crippen molar-refractivity contribution in [3.05, 3.63) is 71.9 Å². The predicted molar refractivity (Wildman–Crippen MR) is 136 cm³/mol. The molecule has 1 amide bonds. The van der Waals surface area contributed by atoms with Crippen LogP contribution in [0.5, 0.6) is 0 Å². The number of nitrogens with zero attached hydrogens (tertiary/aromatic N) is 5. The first-order chi connectivity index (χ1) is 17.0. The smallest absolute Gasteiger partial charge is 0.274 e. The fourth-order valence-corrected chi connectivity index (χ4v) is 5.48. The number of hydrogen-bond donors (Lipinski definition) is 2. The van der Waals surface area contributed by atoms with Crippen molar-refractivity contribution in [2.24, 2.45) is 0 Å². The summed E-state index contributed by atoms with van der Waals surface area (Å²) in [7, 11) is 2.09. The summed E-state index contributed by atoms with van der Waals surface area (Å²) in [5, 5.41) is 1.09. The molecule has 1 aromatic carbocycles. The molecule has 0 spiro atoms. The minimum atomic E-state index is -0.0656. The zero-order valence-electron chi connectivity index (χ0n) is 19.9. The molecule has 3 N–H and O–H groups in total. The summed E-state index contributed by atoms with van der Waals surface area (Å²) >= 11 is 0. The highest BCUT2D eigenvalue weighted by molar-refractivity contribution is 6.05. The van der Waals surface area contributed by atoms with Gasteiger partial charge in [-0.3, -0.25) is 4.79 Å². The van der Waals surface area contributed by atoms with Crippen molar-refractivity contribution in [2.45, 2.75) is 24.7 Å². The van der Waals surface area contributed by atoms with E-state index in [4.69, 9.17) is 5.73 Å².